The summed E-state index contributed by atoms with van der Waals surface area (Å²) in [7, 11) is 0. The van der Waals surface area contributed by atoms with E-state index in [1.54, 1.807) is 17.4 Å². The lowest BCUT2D eigenvalue weighted by atomic mass is 10.0. The van der Waals surface area contributed by atoms with Gasteiger partial charge in [-0.15, -0.1) is 11.3 Å². The SMILES string of the molecule is Cc1ccc(C(=O)c2cc(Br)sc2C)cc1N. The zero-order chi connectivity index (χ0) is 12.6. The Morgan fingerprint density at radius 2 is 2.00 bits per heavy atom. The number of thiophene rings is 1. The second-order valence-corrected chi connectivity index (χ2v) is 6.56. The summed E-state index contributed by atoms with van der Waals surface area (Å²) in [5.74, 6) is 0.0242. The van der Waals surface area contributed by atoms with E-state index in [-0.39, 0.29) is 5.78 Å². The number of aryl methyl sites for hydroxylation is 2. The van der Waals surface area contributed by atoms with Crippen molar-refractivity contribution in [3.05, 3.63) is 49.6 Å². The Morgan fingerprint density at radius 3 is 2.53 bits per heavy atom. The molecule has 2 rings (SSSR count). The van der Waals surface area contributed by atoms with E-state index in [0.29, 0.717) is 11.3 Å². The lowest BCUT2D eigenvalue weighted by Crippen LogP contribution is -2.03. The van der Waals surface area contributed by atoms with Gasteiger partial charge < -0.3 is 5.73 Å². The number of rotatable bonds is 2. The van der Waals surface area contributed by atoms with Gasteiger partial charge in [-0.1, -0.05) is 12.1 Å². The molecule has 2 nitrogen and oxygen atoms in total. The number of hydrogen-bond acceptors (Lipinski definition) is 3. The van der Waals surface area contributed by atoms with Crippen LogP contribution in [0.25, 0.3) is 0 Å². The predicted molar refractivity (Wildman–Crippen MR) is 75.8 cm³/mol. The molecule has 0 aliphatic heterocycles. The number of carbonyl (C=O) groups is 1. The number of nitrogens with two attached hydrogens (primary N) is 1. The third-order valence-corrected chi connectivity index (χ3v) is 4.23. The van der Waals surface area contributed by atoms with E-state index in [1.807, 2.05) is 32.0 Å². The maximum absolute atomic E-state index is 12.3. The largest absolute Gasteiger partial charge is 0.398 e. The first kappa shape index (κ1) is 12.3. The standard InChI is InChI=1S/C13H12BrNOS/c1-7-3-4-9(5-11(7)15)13(16)10-6-12(14)17-8(10)2/h3-6H,15H2,1-2H3. The lowest BCUT2D eigenvalue weighted by Gasteiger charge is -2.04. The summed E-state index contributed by atoms with van der Waals surface area (Å²) in [6.07, 6.45) is 0. The van der Waals surface area contributed by atoms with Gasteiger partial charge in [-0.2, -0.15) is 0 Å². The number of nitrogen functional groups attached to an aromatic ring is 1. The van der Waals surface area contributed by atoms with Crippen LogP contribution in [-0.2, 0) is 0 Å². The molecule has 1 heterocycles. The molecule has 2 N–H and O–H groups in total. The Hall–Kier alpha value is -1.13. The van der Waals surface area contributed by atoms with Gasteiger partial charge in [0.2, 0.25) is 0 Å². The summed E-state index contributed by atoms with van der Waals surface area (Å²) in [6, 6.07) is 7.29. The van der Waals surface area contributed by atoms with Crippen LogP contribution >= 0.6 is 27.3 Å². The first-order chi connectivity index (χ1) is 7.99. The van der Waals surface area contributed by atoms with E-state index in [0.717, 1.165) is 19.8 Å². The molecule has 1 aromatic carbocycles. The van der Waals surface area contributed by atoms with E-state index in [1.165, 1.54) is 0 Å². The second kappa shape index (κ2) is 4.63. The van der Waals surface area contributed by atoms with E-state index in [9.17, 15) is 4.79 Å². The fourth-order valence-corrected chi connectivity index (χ4v) is 3.30. The second-order valence-electron chi connectivity index (χ2n) is 3.92. The molecule has 1 aromatic heterocycles. The molecule has 0 fully saturated rings. The van der Waals surface area contributed by atoms with Crippen LogP contribution in [0.15, 0.2) is 28.1 Å². The first-order valence-corrected chi connectivity index (χ1v) is 6.76. The molecule has 0 bridgehead atoms. The maximum atomic E-state index is 12.3. The minimum Gasteiger partial charge on any atom is -0.398 e. The molecule has 0 radical (unpaired) electrons. The van der Waals surface area contributed by atoms with Crippen molar-refractivity contribution < 1.29 is 4.79 Å². The lowest BCUT2D eigenvalue weighted by molar-refractivity contribution is 0.103. The Balaban J connectivity index is 2.44. The van der Waals surface area contributed by atoms with Crippen LogP contribution < -0.4 is 5.73 Å². The quantitative estimate of drug-likeness (QED) is 0.674. The Bertz CT molecular complexity index is 589. The molecular formula is C13H12BrNOS. The fourth-order valence-electron chi connectivity index (χ4n) is 1.61. The monoisotopic (exact) mass is 309 g/mol. The zero-order valence-electron chi connectivity index (χ0n) is 9.58. The average Bonchev–Trinajstić information content (AvgIpc) is 2.61. The molecule has 0 unspecified atom stereocenters. The number of hydrogen-bond donors (Lipinski definition) is 1. The minimum atomic E-state index is 0.0242. The van der Waals surface area contributed by atoms with Gasteiger partial charge in [0.1, 0.15) is 0 Å². The van der Waals surface area contributed by atoms with Gasteiger partial charge in [0.15, 0.2) is 5.78 Å². The van der Waals surface area contributed by atoms with E-state index in [2.05, 4.69) is 15.9 Å². The topological polar surface area (TPSA) is 43.1 Å². The molecule has 0 saturated heterocycles. The average molecular weight is 310 g/mol. The van der Waals surface area contributed by atoms with Crippen LogP contribution in [0.4, 0.5) is 5.69 Å². The summed E-state index contributed by atoms with van der Waals surface area (Å²) in [6.45, 7) is 3.87. The molecule has 17 heavy (non-hydrogen) atoms. The summed E-state index contributed by atoms with van der Waals surface area (Å²) in [5, 5.41) is 0. The van der Waals surface area contributed by atoms with Crippen molar-refractivity contribution in [1.29, 1.82) is 0 Å². The number of anilines is 1. The van der Waals surface area contributed by atoms with Gasteiger partial charge in [0.25, 0.3) is 0 Å². The summed E-state index contributed by atoms with van der Waals surface area (Å²) >= 11 is 4.96. The Morgan fingerprint density at radius 1 is 1.29 bits per heavy atom. The molecule has 0 spiro atoms. The van der Waals surface area contributed by atoms with Crippen molar-refractivity contribution >= 4 is 38.7 Å². The molecule has 0 aliphatic rings. The highest BCUT2D eigenvalue weighted by atomic mass is 79.9. The number of carbonyl (C=O) groups excluding carboxylic acids is 1. The highest BCUT2D eigenvalue weighted by Gasteiger charge is 2.15. The van der Waals surface area contributed by atoms with Crippen LogP contribution in [-0.4, -0.2) is 5.78 Å². The highest BCUT2D eigenvalue weighted by molar-refractivity contribution is 9.11. The van der Waals surface area contributed by atoms with Crippen molar-refractivity contribution in [1.82, 2.24) is 0 Å². The summed E-state index contributed by atoms with van der Waals surface area (Å²) in [4.78, 5) is 13.3. The van der Waals surface area contributed by atoms with Gasteiger partial charge in [-0.3, -0.25) is 4.79 Å². The van der Waals surface area contributed by atoms with Crippen molar-refractivity contribution in [2.75, 3.05) is 5.73 Å². The number of ketones is 1. The highest BCUT2D eigenvalue weighted by Crippen LogP contribution is 2.28. The smallest absolute Gasteiger partial charge is 0.194 e. The van der Waals surface area contributed by atoms with Gasteiger partial charge in [0.05, 0.1) is 3.79 Å². The molecule has 0 amide bonds. The van der Waals surface area contributed by atoms with Gasteiger partial charge in [0, 0.05) is 21.7 Å². The van der Waals surface area contributed by atoms with Crippen molar-refractivity contribution in [2.45, 2.75) is 13.8 Å². The summed E-state index contributed by atoms with van der Waals surface area (Å²) < 4.78 is 0.971. The fraction of sp³-hybridized carbons (Fsp3) is 0.154. The van der Waals surface area contributed by atoms with E-state index in [4.69, 9.17) is 5.73 Å². The first-order valence-electron chi connectivity index (χ1n) is 5.16. The molecule has 0 atom stereocenters. The van der Waals surface area contributed by atoms with Crippen LogP contribution in [0.5, 0.6) is 0 Å². The summed E-state index contributed by atoms with van der Waals surface area (Å²) in [5.41, 5.74) is 8.85. The Kier molecular flexibility index (Phi) is 3.35. The van der Waals surface area contributed by atoms with Gasteiger partial charge >= 0.3 is 0 Å². The third kappa shape index (κ3) is 2.42. The van der Waals surface area contributed by atoms with Crippen molar-refractivity contribution in [3.63, 3.8) is 0 Å². The van der Waals surface area contributed by atoms with E-state index < -0.39 is 0 Å². The number of halogens is 1. The maximum Gasteiger partial charge on any atom is 0.194 e. The van der Waals surface area contributed by atoms with Crippen molar-refractivity contribution in [3.8, 4) is 0 Å². The van der Waals surface area contributed by atoms with Crippen molar-refractivity contribution in [2.24, 2.45) is 0 Å². The molecule has 0 aliphatic carbocycles. The molecule has 2 aromatic rings. The molecule has 88 valence electrons. The predicted octanol–water partition coefficient (Wildman–Crippen LogP) is 3.94. The zero-order valence-corrected chi connectivity index (χ0v) is 12.0. The third-order valence-electron chi connectivity index (χ3n) is 2.67. The van der Waals surface area contributed by atoms with Crippen LogP contribution in [0.3, 0.4) is 0 Å². The van der Waals surface area contributed by atoms with Crippen LogP contribution in [0, 0.1) is 13.8 Å². The van der Waals surface area contributed by atoms with E-state index >= 15 is 0 Å². The molecule has 0 saturated carbocycles. The van der Waals surface area contributed by atoms with Gasteiger partial charge in [-0.05, 0) is 47.5 Å². The Labute approximate surface area is 113 Å². The normalized spacial score (nSPS) is 10.5. The number of benzene rings is 1. The molecule has 4 heteroatoms. The van der Waals surface area contributed by atoms with Gasteiger partial charge in [-0.25, -0.2) is 0 Å². The van der Waals surface area contributed by atoms with Crippen LogP contribution in [0.1, 0.15) is 26.4 Å². The molecular weight excluding hydrogens is 298 g/mol. The minimum absolute atomic E-state index is 0.0242. The van der Waals surface area contributed by atoms with Crippen LogP contribution in [0.2, 0.25) is 0 Å².